The fraction of sp³-hybridized carbons (Fsp3) is 0.875. The highest BCUT2D eigenvalue weighted by Gasteiger charge is 2.18. The summed E-state index contributed by atoms with van der Waals surface area (Å²) in [6, 6.07) is 0.377. The molecule has 2 N–H and O–H groups in total. The van der Waals surface area contributed by atoms with Gasteiger partial charge in [-0.1, -0.05) is 0 Å². The van der Waals surface area contributed by atoms with E-state index in [-0.39, 0.29) is 12.4 Å². The molecule has 0 saturated heterocycles. The van der Waals surface area contributed by atoms with Crippen LogP contribution in [0, 0.1) is 5.92 Å². The average molecular weight is 194 g/mol. The van der Waals surface area contributed by atoms with Crippen LogP contribution in [0.1, 0.15) is 25.7 Å². The molecule has 12 heavy (non-hydrogen) atoms. The fourth-order valence-electron chi connectivity index (χ4n) is 1.53. The van der Waals surface area contributed by atoms with Crippen LogP contribution in [0.25, 0.3) is 0 Å². The van der Waals surface area contributed by atoms with Gasteiger partial charge in [0.15, 0.2) is 0 Å². The quantitative estimate of drug-likeness (QED) is 0.683. The van der Waals surface area contributed by atoms with Gasteiger partial charge in [0.05, 0.1) is 6.61 Å². The Morgan fingerprint density at radius 1 is 1.33 bits per heavy atom. The molecule has 72 valence electrons. The lowest BCUT2D eigenvalue weighted by atomic mass is 9.87. The zero-order valence-electron chi connectivity index (χ0n) is 7.07. The molecule has 4 heteroatoms. The van der Waals surface area contributed by atoms with Gasteiger partial charge < -0.3 is 10.5 Å². The van der Waals surface area contributed by atoms with Gasteiger partial charge in [-0.2, -0.15) is 0 Å². The summed E-state index contributed by atoms with van der Waals surface area (Å²) >= 11 is 0. The summed E-state index contributed by atoms with van der Waals surface area (Å²) in [6.07, 6.45) is 4.36. The highest BCUT2D eigenvalue weighted by atomic mass is 35.5. The van der Waals surface area contributed by atoms with Gasteiger partial charge in [0.2, 0.25) is 0 Å². The molecule has 0 bridgehead atoms. The van der Waals surface area contributed by atoms with Crippen molar-refractivity contribution in [1.82, 2.24) is 0 Å². The summed E-state index contributed by atoms with van der Waals surface area (Å²) in [6.45, 7) is 1.10. The van der Waals surface area contributed by atoms with Crippen molar-refractivity contribution in [3.05, 3.63) is 0 Å². The van der Waals surface area contributed by atoms with Crippen LogP contribution in [0.3, 0.4) is 0 Å². The molecule has 0 heterocycles. The first-order valence-electron chi connectivity index (χ1n) is 4.13. The zero-order valence-corrected chi connectivity index (χ0v) is 7.89. The SMILES string of the molecule is Cl.NC1CCC(COC=O)CC1. The third kappa shape index (κ3) is 3.93. The summed E-state index contributed by atoms with van der Waals surface area (Å²) in [5.41, 5.74) is 5.72. The molecule has 0 aromatic heterocycles. The molecule has 0 aromatic rings. The first-order chi connectivity index (χ1) is 5.33. The normalized spacial score (nSPS) is 28.8. The van der Waals surface area contributed by atoms with Gasteiger partial charge in [-0.05, 0) is 31.6 Å². The van der Waals surface area contributed by atoms with Gasteiger partial charge >= 0.3 is 0 Å². The van der Waals surface area contributed by atoms with E-state index in [1.165, 1.54) is 0 Å². The monoisotopic (exact) mass is 193 g/mol. The number of carbonyl (C=O) groups is 1. The van der Waals surface area contributed by atoms with Crippen LogP contribution >= 0.6 is 12.4 Å². The minimum atomic E-state index is 0. The Kier molecular flexibility index (Phi) is 6.11. The molecular formula is C8H16ClNO2. The number of rotatable bonds is 3. The molecule has 1 aliphatic rings. The predicted octanol–water partition coefficient (Wildman–Crippen LogP) is 1.10. The molecule has 1 aliphatic carbocycles. The number of ether oxygens (including phenoxy) is 1. The van der Waals surface area contributed by atoms with E-state index in [0.717, 1.165) is 25.7 Å². The zero-order chi connectivity index (χ0) is 8.10. The molecule has 0 aliphatic heterocycles. The van der Waals surface area contributed by atoms with E-state index < -0.39 is 0 Å². The molecule has 0 unspecified atom stereocenters. The van der Waals surface area contributed by atoms with Gasteiger partial charge in [0.1, 0.15) is 0 Å². The Morgan fingerprint density at radius 2 is 1.92 bits per heavy atom. The summed E-state index contributed by atoms with van der Waals surface area (Å²) in [5.74, 6) is 0.556. The van der Waals surface area contributed by atoms with E-state index in [0.29, 0.717) is 25.0 Å². The standard InChI is InChI=1S/C8H15NO2.ClH/c9-8-3-1-7(2-4-8)5-11-6-10;/h6-8H,1-5,9H2;1H. The predicted molar refractivity (Wildman–Crippen MR) is 49.2 cm³/mol. The second-order valence-corrected chi connectivity index (χ2v) is 3.21. The lowest BCUT2D eigenvalue weighted by Crippen LogP contribution is -2.28. The van der Waals surface area contributed by atoms with Gasteiger partial charge in [0, 0.05) is 6.04 Å². The number of carbonyl (C=O) groups excluding carboxylic acids is 1. The van der Waals surface area contributed by atoms with Gasteiger partial charge in [-0.15, -0.1) is 12.4 Å². The average Bonchev–Trinajstić information content (AvgIpc) is 2.04. The first-order valence-corrected chi connectivity index (χ1v) is 4.13. The summed E-state index contributed by atoms with van der Waals surface area (Å²) in [7, 11) is 0. The molecule has 0 amide bonds. The van der Waals surface area contributed by atoms with Crippen LogP contribution < -0.4 is 5.73 Å². The van der Waals surface area contributed by atoms with Crippen LogP contribution in [0.15, 0.2) is 0 Å². The van der Waals surface area contributed by atoms with Crippen molar-refractivity contribution in [3.63, 3.8) is 0 Å². The van der Waals surface area contributed by atoms with E-state index in [2.05, 4.69) is 4.74 Å². The van der Waals surface area contributed by atoms with Crippen molar-refractivity contribution in [2.75, 3.05) is 6.61 Å². The topological polar surface area (TPSA) is 52.3 Å². The summed E-state index contributed by atoms with van der Waals surface area (Å²) < 4.78 is 4.69. The van der Waals surface area contributed by atoms with E-state index >= 15 is 0 Å². The van der Waals surface area contributed by atoms with Crippen molar-refractivity contribution in [1.29, 1.82) is 0 Å². The Bertz CT molecular complexity index is 124. The highest BCUT2D eigenvalue weighted by Crippen LogP contribution is 2.22. The largest absolute Gasteiger partial charge is 0.468 e. The molecule has 1 rings (SSSR count). The maximum atomic E-state index is 9.86. The lowest BCUT2D eigenvalue weighted by Gasteiger charge is -2.24. The highest BCUT2D eigenvalue weighted by molar-refractivity contribution is 5.85. The minimum Gasteiger partial charge on any atom is -0.468 e. The Hall–Kier alpha value is -0.280. The molecule has 0 atom stereocenters. The van der Waals surface area contributed by atoms with E-state index in [1.54, 1.807) is 0 Å². The third-order valence-electron chi connectivity index (χ3n) is 2.29. The number of nitrogens with two attached hydrogens (primary N) is 1. The van der Waals surface area contributed by atoms with Gasteiger partial charge in [-0.25, -0.2) is 0 Å². The molecular weight excluding hydrogens is 178 g/mol. The van der Waals surface area contributed by atoms with Crippen LogP contribution in [0.2, 0.25) is 0 Å². The van der Waals surface area contributed by atoms with Crippen molar-refractivity contribution in [3.8, 4) is 0 Å². The molecule has 0 spiro atoms. The minimum absolute atomic E-state index is 0. The maximum Gasteiger partial charge on any atom is 0.293 e. The van der Waals surface area contributed by atoms with Crippen LogP contribution in [-0.2, 0) is 9.53 Å². The van der Waals surface area contributed by atoms with E-state index in [9.17, 15) is 4.79 Å². The van der Waals surface area contributed by atoms with Gasteiger partial charge in [-0.3, -0.25) is 4.79 Å². The molecule has 0 radical (unpaired) electrons. The molecule has 0 aromatic carbocycles. The van der Waals surface area contributed by atoms with Crippen LogP contribution in [0.5, 0.6) is 0 Å². The van der Waals surface area contributed by atoms with Crippen molar-refractivity contribution >= 4 is 18.9 Å². The van der Waals surface area contributed by atoms with Crippen LogP contribution in [0.4, 0.5) is 0 Å². The number of hydrogen-bond donors (Lipinski definition) is 1. The molecule has 1 saturated carbocycles. The Morgan fingerprint density at radius 3 is 2.42 bits per heavy atom. The number of halogens is 1. The van der Waals surface area contributed by atoms with Gasteiger partial charge in [0.25, 0.3) is 6.47 Å². The smallest absolute Gasteiger partial charge is 0.293 e. The van der Waals surface area contributed by atoms with E-state index in [4.69, 9.17) is 5.73 Å². The van der Waals surface area contributed by atoms with Crippen LogP contribution in [-0.4, -0.2) is 19.1 Å². The fourth-order valence-corrected chi connectivity index (χ4v) is 1.53. The Balaban J connectivity index is 0.00000121. The first kappa shape index (κ1) is 11.7. The second kappa shape index (κ2) is 6.26. The number of hydrogen-bond acceptors (Lipinski definition) is 3. The van der Waals surface area contributed by atoms with Crippen molar-refractivity contribution in [2.45, 2.75) is 31.7 Å². The lowest BCUT2D eigenvalue weighted by molar-refractivity contribution is -0.130. The van der Waals surface area contributed by atoms with E-state index in [1.807, 2.05) is 0 Å². The summed E-state index contributed by atoms with van der Waals surface area (Å²) in [4.78, 5) is 9.86. The third-order valence-corrected chi connectivity index (χ3v) is 2.29. The van der Waals surface area contributed by atoms with Crippen molar-refractivity contribution in [2.24, 2.45) is 11.7 Å². The summed E-state index contributed by atoms with van der Waals surface area (Å²) in [5, 5.41) is 0. The Labute approximate surface area is 79.1 Å². The van der Waals surface area contributed by atoms with Crippen molar-refractivity contribution < 1.29 is 9.53 Å². The second-order valence-electron chi connectivity index (χ2n) is 3.21. The molecule has 3 nitrogen and oxygen atoms in total. The molecule has 1 fully saturated rings. The maximum absolute atomic E-state index is 9.86.